The maximum atomic E-state index is 9.01. The molecular formula is C18H25N5S. The number of nitrogens with zero attached hydrogens (tertiary/aromatic N) is 5. The molecule has 0 unspecified atom stereocenters. The predicted molar refractivity (Wildman–Crippen MR) is 97.8 cm³/mol. The van der Waals surface area contributed by atoms with E-state index in [1.807, 2.05) is 25.1 Å². The van der Waals surface area contributed by atoms with Gasteiger partial charge in [-0.05, 0) is 33.0 Å². The van der Waals surface area contributed by atoms with Gasteiger partial charge < -0.3 is 4.57 Å². The predicted octanol–water partition coefficient (Wildman–Crippen LogP) is 3.59. The summed E-state index contributed by atoms with van der Waals surface area (Å²) in [6, 6.07) is 12.9. The molecule has 0 aliphatic heterocycles. The molecule has 1 aromatic carbocycles. The van der Waals surface area contributed by atoms with Crippen molar-refractivity contribution >= 4 is 11.8 Å². The summed E-state index contributed by atoms with van der Waals surface area (Å²) in [6.45, 7) is 4.84. The molecule has 0 N–H and O–H groups in total. The van der Waals surface area contributed by atoms with Crippen molar-refractivity contribution in [2.75, 3.05) is 19.8 Å². The van der Waals surface area contributed by atoms with Crippen LogP contribution in [0, 0.1) is 17.2 Å². The second-order valence-corrected chi connectivity index (χ2v) is 7.13. The van der Waals surface area contributed by atoms with E-state index in [9.17, 15) is 0 Å². The van der Waals surface area contributed by atoms with Gasteiger partial charge in [-0.1, -0.05) is 49.0 Å². The number of thioether (sulfide) groups is 1. The van der Waals surface area contributed by atoms with Gasteiger partial charge in [0, 0.05) is 5.75 Å². The minimum Gasteiger partial charge on any atom is -0.300 e. The fourth-order valence-corrected chi connectivity index (χ4v) is 3.47. The summed E-state index contributed by atoms with van der Waals surface area (Å²) in [6.07, 6.45) is 0.971. The first-order chi connectivity index (χ1) is 11.6. The van der Waals surface area contributed by atoms with Gasteiger partial charge >= 0.3 is 0 Å². The first kappa shape index (κ1) is 18.5. The lowest BCUT2D eigenvalue weighted by Gasteiger charge is -2.23. The van der Waals surface area contributed by atoms with Crippen molar-refractivity contribution in [3.05, 3.63) is 41.7 Å². The molecule has 0 aliphatic rings. The quantitative estimate of drug-likeness (QED) is 0.686. The van der Waals surface area contributed by atoms with Gasteiger partial charge in [-0.25, -0.2) is 0 Å². The van der Waals surface area contributed by atoms with E-state index < -0.39 is 0 Å². The van der Waals surface area contributed by atoms with Crippen LogP contribution < -0.4 is 0 Å². The van der Waals surface area contributed by atoms with E-state index in [1.165, 1.54) is 5.56 Å². The van der Waals surface area contributed by atoms with E-state index in [0.717, 1.165) is 29.7 Å². The van der Waals surface area contributed by atoms with Crippen LogP contribution in [-0.4, -0.2) is 39.5 Å². The van der Waals surface area contributed by atoms with Gasteiger partial charge in [0.2, 0.25) is 0 Å². The Morgan fingerprint density at radius 1 is 1.25 bits per heavy atom. The fraction of sp³-hybridized carbons (Fsp3) is 0.500. The SMILES string of the molecule is CC[C@H](c1nnc(SC[C@H](C)C#N)n1Cc1ccccc1)N(C)C. The van der Waals surface area contributed by atoms with Crippen molar-refractivity contribution in [2.24, 2.45) is 5.92 Å². The molecule has 0 amide bonds. The first-order valence-corrected chi connectivity index (χ1v) is 9.21. The number of hydrogen-bond donors (Lipinski definition) is 0. The molecule has 1 heterocycles. The Bertz CT molecular complexity index is 674. The number of nitriles is 1. The van der Waals surface area contributed by atoms with Gasteiger partial charge in [0.25, 0.3) is 0 Å². The van der Waals surface area contributed by atoms with Crippen LogP contribution in [-0.2, 0) is 6.54 Å². The van der Waals surface area contributed by atoms with Crippen LogP contribution in [0.3, 0.4) is 0 Å². The Hall–Kier alpha value is -1.84. The van der Waals surface area contributed by atoms with Gasteiger partial charge in [-0.3, -0.25) is 4.90 Å². The number of rotatable bonds is 8. The molecule has 0 spiro atoms. The molecule has 128 valence electrons. The number of benzene rings is 1. The highest BCUT2D eigenvalue weighted by molar-refractivity contribution is 7.99. The Morgan fingerprint density at radius 3 is 2.54 bits per heavy atom. The molecule has 0 bridgehead atoms. The van der Waals surface area contributed by atoms with Crippen LogP contribution in [0.2, 0.25) is 0 Å². The van der Waals surface area contributed by atoms with Crippen molar-refractivity contribution in [1.82, 2.24) is 19.7 Å². The van der Waals surface area contributed by atoms with Gasteiger partial charge in [-0.15, -0.1) is 10.2 Å². The summed E-state index contributed by atoms with van der Waals surface area (Å²) in [5.74, 6) is 1.71. The molecule has 2 aromatic rings. The molecule has 2 atom stereocenters. The standard InChI is InChI=1S/C18H25N5S/c1-5-16(22(3)4)17-20-21-18(24-13-14(2)11-19)23(17)12-15-9-7-6-8-10-15/h6-10,14,16H,5,12-13H2,1-4H3/t14-,16-/m1/s1. The van der Waals surface area contributed by atoms with Gasteiger partial charge in [-0.2, -0.15) is 5.26 Å². The maximum absolute atomic E-state index is 9.01. The number of aromatic nitrogens is 3. The zero-order chi connectivity index (χ0) is 17.5. The molecule has 0 saturated carbocycles. The minimum atomic E-state index is -0.00357. The lowest BCUT2D eigenvalue weighted by molar-refractivity contribution is 0.272. The van der Waals surface area contributed by atoms with Crippen molar-refractivity contribution in [3.8, 4) is 6.07 Å². The summed E-state index contributed by atoms with van der Waals surface area (Å²) >= 11 is 1.61. The minimum absolute atomic E-state index is 0.00357. The smallest absolute Gasteiger partial charge is 0.191 e. The van der Waals surface area contributed by atoms with E-state index >= 15 is 0 Å². The van der Waals surface area contributed by atoms with Crippen molar-refractivity contribution in [2.45, 2.75) is 38.0 Å². The van der Waals surface area contributed by atoms with Crippen molar-refractivity contribution < 1.29 is 0 Å². The van der Waals surface area contributed by atoms with E-state index in [4.69, 9.17) is 5.26 Å². The second-order valence-electron chi connectivity index (χ2n) is 6.14. The van der Waals surface area contributed by atoms with Crippen LogP contribution >= 0.6 is 11.8 Å². The van der Waals surface area contributed by atoms with Crippen LogP contribution in [0.25, 0.3) is 0 Å². The van der Waals surface area contributed by atoms with Crippen molar-refractivity contribution in [1.29, 1.82) is 5.26 Å². The lowest BCUT2D eigenvalue weighted by atomic mass is 10.2. The lowest BCUT2D eigenvalue weighted by Crippen LogP contribution is -2.23. The third-order valence-electron chi connectivity index (χ3n) is 3.92. The fourth-order valence-electron chi connectivity index (χ4n) is 2.58. The van der Waals surface area contributed by atoms with Gasteiger partial charge in [0.15, 0.2) is 11.0 Å². The van der Waals surface area contributed by atoms with E-state index in [-0.39, 0.29) is 12.0 Å². The van der Waals surface area contributed by atoms with Crippen LogP contribution in [0.5, 0.6) is 0 Å². The summed E-state index contributed by atoms with van der Waals surface area (Å²) in [7, 11) is 4.14. The van der Waals surface area contributed by atoms with E-state index in [1.54, 1.807) is 11.8 Å². The Balaban J connectivity index is 2.33. The molecule has 6 heteroatoms. The molecule has 0 radical (unpaired) electrons. The molecule has 0 aliphatic carbocycles. The Morgan fingerprint density at radius 2 is 1.96 bits per heavy atom. The third-order valence-corrected chi connectivity index (χ3v) is 5.15. The zero-order valence-corrected chi connectivity index (χ0v) is 15.6. The monoisotopic (exact) mass is 343 g/mol. The second kappa shape index (κ2) is 8.86. The molecule has 24 heavy (non-hydrogen) atoms. The van der Waals surface area contributed by atoms with Gasteiger partial charge in [0.1, 0.15) is 0 Å². The van der Waals surface area contributed by atoms with Gasteiger partial charge in [0.05, 0.1) is 24.6 Å². The van der Waals surface area contributed by atoms with Crippen molar-refractivity contribution in [3.63, 3.8) is 0 Å². The molecule has 0 saturated heterocycles. The molecular weight excluding hydrogens is 318 g/mol. The highest BCUT2D eigenvalue weighted by Crippen LogP contribution is 2.27. The molecule has 1 aromatic heterocycles. The number of hydrogen-bond acceptors (Lipinski definition) is 5. The summed E-state index contributed by atoms with van der Waals surface area (Å²) in [5.41, 5.74) is 1.22. The highest BCUT2D eigenvalue weighted by Gasteiger charge is 2.22. The third kappa shape index (κ3) is 4.59. The summed E-state index contributed by atoms with van der Waals surface area (Å²) in [5, 5.41) is 18.8. The van der Waals surface area contributed by atoms with Crippen LogP contribution in [0.4, 0.5) is 0 Å². The maximum Gasteiger partial charge on any atom is 0.191 e. The largest absolute Gasteiger partial charge is 0.300 e. The van der Waals surface area contributed by atoms with E-state index in [2.05, 4.69) is 58.9 Å². The molecule has 0 fully saturated rings. The Labute approximate surface area is 148 Å². The Kier molecular flexibility index (Phi) is 6.83. The summed E-state index contributed by atoms with van der Waals surface area (Å²) < 4.78 is 2.19. The topological polar surface area (TPSA) is 57.7 Å². The van der Waals surface area contributed by atoms with E-state index in [0.29, 0.717) is 0 Å². The van der Waals surface area contributed by atoms with Crippen LogP contribution in [0.15, 0.2) is 35.5 Å². The normalized spacial score (nSPS) is 13.7. The average Bonchev–Trinajstić information content (AvgIpc) is 2.96. The molecule has 2 rings (SSSR count). The molecule has 5 nitrogen and oxygen atoms in total. The average molecular weight is 344 g/mol. The highest BCUT2D eigenvalue weighted by atomic mass is 32.2. The first-order valence-electron chi connectivity index (χ1n) is 8.22. The zero-order valence-electron chi connectivity index (χ0n) is 14.8. The van der Waals surface area contributed by atoms with Crippen LogP contribution in [0.1, 0.15) is 37.7 Å². The summed E-state index contributed by atoms with van der Waals surface area (Å²) in [4.78, 5) is 2.18.